The van der Waals surface area contributed by atoms with E-state index in [0.29, 0.717) is 12.2 Å². The molecule has 0 heterocycles. The van der Waals surface area contributed by atoms with Gasteiger partial charge in [-0.3, -0.25) is 4.79 Å². The molecule has 120 valence electrons. The molecule has 2 aromatic rings. The van der Waals surface area contributed by atoms with Gasteiger partial charge in [0.05, 0.1) is 12.6 Å². The maximum atomic E-state index is 12.6. The largest absolute Gasteiger partial charge is 0.494 e. The molecule has 3 heteroatoms. The minimum Gasteiger partial charge on any atom is -0.494 e. The molecule has 0 unspecified atom stereocenters. The first-order chi connectivity index (χ1) is 11.2. The first-order valence-corrected chi connectivity index (χ1v) is 8.31. The molecule has 0 spiro atoms. The van der Waals surface area contributed by atoms with Crippen molar-refractivity contribution < 1.29 is 9.53 Å². The molecule has 0 bridgehead atoms. The summed E-state index contributed by atoms with van der Waals surface area (Å²) >= 11 is 0. The maximum absolute atomic E-state index is 12.6. The van der Waals surface area contributed by atoms with Gasteiger partial charge in [0.2, 0.25) is 0 Å². The van der Waals surface area contributed by atoms with Crippen LogP contribution in [0, 0.1) is 6.92 Å². The number of carbonyl (C=O) groups is 1. The van der Waals surface area contributed by atoms with E-state index in [1.807, 2.05) is 38.1 Å². The van der Waals surface area contributed by atoms with Crippen LogP contribution in [-0.2, 0) is 6.42 Å². The van der Waals surface area contributed by atoms with Crippen molar-refractivity contribution in [3.63, 3.8) is 0 Å². The minimum atomic E-state index is -0.0159. The predicted octanol–water partition coefficient (Wildman–Crippen LogP) is 4.20. The van der Waals surface area contributed by atoms with Crippen LogP contribution in [0.25, 0.3) is 0 Å². The van der Waals surface area contributed by atoms with Crippen molar-refractivity contribution in [3.8, 4) is 5.75 Å². The van der Waals surface area contributed by atoms with Gasteiger partial charge in [0.15, 0.2) is 0 Å². The number of rotatable bonds is 4. The first-order valence-electron chi connectivity index (χ1n) is 8.31. The molecule has 23 heavy (non-hydrogen) atoms. The fourth-order valence-electron chi connectivity index (χ4n) is 3.25. The molecule has 1 N–H and O–H groups in total. The van der Waals surface area contributed by atoms with Gasteiger partial charge in [-0.2, -0.15) is 0 Å². The summed E-state index contributed by atoms with van der Waals surface area (Å²) in [5.74, 6) is 0.824. The zero-order valence-electron chi connectivity index (χ0n) is 13.8. The van der Waals surface area contributed by atoms with Crippen LogP contribution in [-0.4, -0.2) is 12.5 Å². The minimum absolute atomic E-state index is 0.0159. The Morgan fingerprint density at radius 3 is 2.87 bits per heavy atom. The van der Waals surface area contributed by atoms with Gasteiger partial charge in [0.25, 0.3) is 5.91 Å². The quantitative estimate of drug-likeness (QED) is 0.919. The highest BCUT2D eigenvalue weighted by Gasteiger charge is 2.22. The van der Waals surface area contributed by atoms with Crippen LogP contribution in [0.1, 0.15) is 52.9 Å². The monoisotopic (exact) mass is 309 g/mol. The van der Waals surface area contributed by atoms with Gasteiger partial charge in [-0.1, -0.05) is 24.3 Å². The average Bonchev–Trinajstić information content (AvgIpc) is 2.57. The molecule has 1 aliphatic rings. The molecule has 3 rings (SSSR count). The van der Waals surface area contributed by atoms with E-state index in [-0.39, 0.29) is 11.9 Å². The second kappa shape index (κ2) is 6.86. The van der Waals surface area contributed by atoms with Crippen molar-refractivity contribution in [2.45, 2.75) is 39.2 Å². The number of fused-ring (bicyclic) bond motifs is 1. The second-order valence-corrected chi connectivity index (χ2v) is 6.03. The van der Waals surface area contributed by atoms with Crippen LogP contribution in [0.3, 0.4) is 0 Å². The second-order valence-electron chi connectivity index (χ2n) is 6.03. The van der Waals surface area contributed by atoms with E-state index in [1.165, 1.54) is 11.1 Å². The standard InChI is InChI=1S/C20H23NO2/c1-3-23-19-12-11-16(13-14(19)2)20(22)21-18-10-6-8-15-7-4-5-9-17(15)18/h4-5,7,9,11-13,18H,3,6,8,10H2,1-2H3,(H,21,22)/t18-/m0/s1. The summed E-state index contributed by atoms with van der Waals surface area (Å²) in [5, 5.41) is 3.19. The highest BCUT2D eigenvalue weighted by atomic mass is 16.5. The Bertz CT molecular complexity index is 709. The molecule has 2 aromatic carbocycles. The van der Waals surface area contributed by atoms with Crippen molar-refractivity contribution in [1.29, 1.82) is 0 Å². The van der Waals surface area contributed by atoms with Gasteiger partial charge in [0, 0.05) is 5.56 Å². The highest BCUT2D eigenvalue weighted by molar-refractivity contribution is 5.94. The Labute approximate surface area is 137 Å². The molecule has 3 nitrogen and oxygen atoms in total. The van der Waals surface area contributed by atoms with Crippen molar-refractivity contribution >= 4 is 5.91 Å². The molecule has 0 aromatic heterocycles. The Kier molecular flexibility index (Phi) is 4.65. The van der Waals surface area contributed by atoms with Crippen LogP contribution in [0.4, 0.5) is 0 Å². The van der Waals surface area contributed by atoms with Crippen molar-refractivity contribution in [2.75, 3.05) is 6.61 Å². The lowest BCUT2D eigenvalue weighted by molar-refractivity contribution is 0.0932. The van der Waals surface area contributed by atoms with E-state index in [0.717, 1.165) is 30.6 Å². The van der Waals surface area contributed by atoms with Gasteiger partial charge in [-0.25, -0.2) is 0 Å². The number of hydrogen-bond acceptors (Lipinski definition) is 2. The summed E-state index contributed by atoms with van der Waals surface area (Å²) in [7, 11) is 0. The summed E-state index contributed by atoms with van der Waals surface area (Å²) in [6, 6.07) is 14.1. The molecule has 0 saturated carbocycles. The Morgan fingerprint density at radius 1 is 1.26 bits per heavy atom. The molecule has 1 amide bonds. The van der Waals surface area contributed by atoms with Crippen molar-refractivity contribution in [1.82, 2.24) is 5.32 Å². The molecule has 0 fully saturated rings. The van der Waals surface area contributed by atoms with Gasteiger partial charge in [0.1, 0.15) is 5.75 Å². The van der Waals surface area contributed by atoms with E-state index in [9.17, 15) is 4.79 Å². The number of nitrogens with one attached hydrogen (secondary N) is 1. The number of benzene rings is 2. The van der Waals surface area contributed by atoms with Crippen LogP contribution < -0.4 is 10.1 Å². The summed E-state index contributed by atoms with van der Waals surface area (Å²) in [5.41, 5.74) is 4.29. The molecule has 0 aliphatic heterocycles. The smallest absolute Gasteiger partial charge is 0.251 e. The summed E-state index contributed by atoms with van der Waals surface area (Å²) in [4.78, 5) is 12.6. The van der Waals surface area contributed by atoms with E-state index in [2.05, 4.69) is 23.5 Å². The van der Waals surface area contributed by atoms with Crippen LogP contribution in [0.2, 0.25) is 0 Å². The fraction of sp³-hybridized carbons (Fsp3) is 0.350. The van der Waals surface area contributed by atoms with Crippen LogP contribution >= 0.6 is 0 Å². The molecular formula is C20H23NO2. The van der Waals surface area contributed by atoms with Crippen molar-refractivity contribution in [2.24, 2.45) is 0 Å². The third kappa shape index (κ3) is 3.39. The molecule has 1 atom stereocenters. The third-order valence-corrected chi connectivity index (χ3v) is 4.41. The van der Waals surface area contributed by atoms with E-state index >= 15 is 0 Å². The molecule has 0 saturated heterocycles. The predicted molar refractivity (Wildman–Crippen MR) is 91.9 cm³/mol. The normalized spacial score (nSPS) is 16.5. The Hall–Kier alpha value is -2.29. The van der Waals surface area contributed by atoms with E-state index in [4.69, 9.17) is 4.74 Å². The third-order valence-electron chi connectivity index (χ3n) is 4.41. The SMILES string of the molecule is CCOc1ccc(C(=O)N[C@H]2CCCc3ccccc32)cc1C. The fourth-order valence-corrected chi connectivity index (χ4v) is 3.25. The lowest BCUT2D eigenvalue weighted by Crippen LogP contribution is -2.31. The van der Waals surface area contributed by atoms with Gasteiger partial charge in [-0.15, -0.1) is 0 Å². The summed E-state index contributed by atoms with van der Waals surface area (Å²) < 4.78 is 5.54. The lowest BCUT2D eigenvalue weighted by atomic mass is 9.87. The van der Waals surface area contributed by atoms with Crippen LogP contribution in [0.15, 0.2) is 42.5 Å². The lowest BCUT2D eigenvalue weighted by Gasteiger charge is -2.26. The summed E-state index contributed by atoms with van der Waals surface area (Å²) in [6.45, 7) is 4.56. The zero-order chi connectivity index (χ0) is 16.2. The number of carbonyl (C=O) groups excluding carboxylic acids is 1. The molecule has 0 radical (unpaired) electrons. The summed E-state index contributed by atoms with van der Waals surface area (Å²) in [6.07, 6.45) is 3.22. The van der Waals surface area contributed by atoms with Gasteiger partial charge < -0.3 is 10.1 Å². The number of amides is 1. The maximum Gasteiger partial charge on any atom is 0.251 e. The Morgan fingerprint density at radius 2 is 2.09 bits per heavy atom. The number of aryl methyl sites for hydroxylation is 2. The average molecular weight is 309 g/mol. The van der Waals surface area contributed by atoms with Crippen LogP contribution in [0.5, 0.6) is 5.75 Å². The zero-order valence-corrected chi connectivity index (χ0v) is 13.8. The Balaban J connectivity index is 1.76. The van der Waals surface area contributed by atoms with Gasteiger partial charge in [-0.05, 0) is 68.0 Å². The van der Waals surface area contributed by atoms with E-state index in [1.54, 1.807) is 0 Å². The number of hydrogen-bond donors (Lipinski definition) is 1. The van der Waals surface area contributed by atoms with E-state index < -0.39 is 0 Å². The molecular weight excluding hydrogens is 286 g/mol. The first kappa shape index (κ1) is 15.6. The molecule has 1 aliphatic carbocycles. The van der Waals surface area contributed by atoms with Crippen molar-refractivity contribution in [3.05, 3.63) is 64.7 Å². The highest BCUT2D eigenvalue weighted by Crippen LogP contribution is 2.30. The number of ether oxygens (including phenoxy) is 1. The van der Waals surface area contributed by atoms with Gasteiger partial charge >= 0.3 is 0 Å². The topological polar surface area (TPSA) is 38.3 Å².